The van der Waals surface area contributed by atoms with Gasteiger partial charge in [0.25, 0.3) is 0 Å². The SMILES string of the molecule is C/C(=C\CCC(C)(C)O)C1CCC2C(C)CCCC12C. The third kappa shape index (κ3) is 3.30. The van der Waals surface area contributed by atoms with E-state index in [1.807, 2.05) is 13.8 Å². The second kappa shape index (κ2) is 5.83. The van der Waals surface area contributed by atoms with Crippen LogP contribution in [0.3, 0.4) is 0 Å². The van der Waals surface area contributed by atoms with Crippen LogP contribution in [0.5, 0.6) is 0 Å². The molecule has 2 aliphatic rings. The maximum Gasteiger partial charge on any atom is 0.0594 e. The summed E-state index contributed by atoms with van der Waals surface area (Å²) in [5.74, 6) is 2.65. The summed E-state index contributed by atoms with van der Waals surface area (Å²) in [6.45, 7) is 11.2. The normalized spacial score (nSPS) is 38.9. The Bertz CT molecular complexity index is 362. The molecule has 0 amide bonds. The van der Waals surface area contributed by atoms with Crippen LogP contribution in [0.2, 0.25) is 0 Å². The molecule has 0 aliphatic heterocycles. The molecule has 0 saturated heterocycles. The summed E-state index contributed by atoms with van der Waals surface area (Å²) in [6.07, 6.45) is 11.4. The van der Waals surface area contributed by atoms with Gasteiger partial charge in [-0.05, 0) is 76.0 Å². The highest BCUT2D eigenvalue weighted by Gasteiger charge is 2.50. The first-order valence-corrected chi connectivity index (χ1v) is 8.63. The van der Waals surface area contributed by atoms with Gasteiger partial charge in [-0.1, -0.05) is 38.3 Å². The van der Waals surface area contributed by atoms with Gasteiger partial charge >= 0.3 is 0 Å². The summed E-state index contributed by atoms with van der Waals surface area (Å²) in [5, 5.41) is 9.84. The van der Waals surface area contributed by atoms with Crippen LogP contribution in [-0.2, 0) is 0 Å². The molecule has 4 atom stereocenters. The molecular weight excluding hydrogens is 244 g/mol. The fourth-order valence-electron chi connectivity index (χ4n) is 5.11. The van der Waals surface area contributed by atoms with Crippen molar-refractivity contribution in [1.29, 1.82) is 0 Å². The predicted molar refractivity (Wildman–Crippen MR) is 86.6 cm³/mol. The van der Waals surface area contributed by atoms with Crippen molar-refractivity contribution >= 4 is 0 Å². The smallest absolute Gasteiger partial charge is 0.0594 e. The van der Waals surface area contributed by atoms with E-state index >= 15 is 0 Å². The van der Waals surface area contributed by atoms with E-state index in [4.69, 9.17) is 0 Å². The van der Waals surface area contributed by atoms with Gasteiger partial charge in [0.2, 0.25) is 0 Å². The summed E-state index contributed by atoms with van der Waals surface area (Å²) >= 11 is 0. The molecule has 2 fully saturated rings. The second-order valence-corrected chi connectivity index (χ2v) is 8.41. The monoisotopic (exact) mass is 278 g/mol. The van der Waals surface area contributed by atoms with Gasteiger partial charge in [-0.25, -0.2) is 0 Å². The standard InChI is InChI=1S/C19H34O/c1-14(8-6-12-18(3,4)20)16-10-11-17-15(2)9-7-13-19(16,17)5/h8,15-17,20H,6-7,9-13H2,1-5H3/b14-8+. The first-order chi connectivity index (χ1) is 9.24. The zero-order valence-corrected chi connectivity index (χ0v) is 14.2. The lowest BCUT2D eigenvalue weighted by Crippen LogP contribution is -2.36. The topological polar surface area (TPSA) is 20.2 Å². The van der Waals surface area contributed by atoms with E-state index in [2.05, 4.69) is 26.8 Å². The highest BCUT2D eigenvalue weighted by atomic mass is 16.3. The van der Waals surface area contributed by atoms with Gasteiger partial charge in [0, 0.05) is 0 Å². The molecule has 1 nitrogen and oxygen atoms in total. The van der Waals surface area contributed by atoms with Crippen molar-refractivity contribution in [2.75, 3.05) is 0 Å². The maximum atomic E-state index is 9.84. The number of aliphatic hydroxyl groups is 1. The third-order valence-corrected chi connectivity index (χ3v) is 6.24. The van der Waals surface area contributed by atoms with E-state index in [1.54, 1.807) is 5.57 Å². The third-order valence-electron chi connectivity index (χ3n) is 6.24. The number of fused-ring (bicyclic) bond motifs is 1. The molecule has 4 unspecified atom stereocenters. The Balaban J connectivity index is 2.03. The molecule has 2 saturated carbocycles. The molecule has 2 aliphatic carbocycles. The fourth-order valence-corrected chi connectivity index (χ4v) is 5.11. The Morgan fingerprint density at radius 2 is 2.00 bits per heavy atom. The summed E-state index contributed by atoms with van der Waals surface area (Å²) in [6, 6.07) is 0. The molecule has 1 heteroatoms. The number of hydrogen-bond acceptors (Lipinski definition) is 1. The largest absolute Gasteiger partial charge is 0.390 e. The van der Waals surface area contributed by atoms with Crippen LogP contribution in [0, 0.1) is 23.2 Å². The van der Waals surface area contributed by atoms with Crippen LogP contribution in [0.1, 0.15) is 79.6 Å². The molecule has 116 valence electrons. The minimum atomic E-state index is -0.530. The average molecular weight is 278 g/mol. The van der Waals surface area contributed by atoms with Gasteiger partial charge in [-0.15, -0.1) is 0 Å². The number of hydrogen-bond donors (Lipinski definition) is 1. The van der Waals surface area contributed by atoms with E-state index in [0.717, 1.165) is 30.6 Å². The Morgan fingerprint density at radius 1 is 1.30 bits per heavy atom. The van der Waals surface area contributed by atoms with Gasteiger partial charge in [-0.3, -0.25) is 0 Å². The molecule has 0 spiro atoms. The lowest BCUT2D eigenvalue weighted by atomic mass is 9.60. The zero-order chi connectivity index (χ0) is 15.0. The van der Waals surface area contributed by atoms with Gasteiger partial charge < -0.3 is 5.11 Å². The van der Waals surface area contributed by atoms with E-state index in [-0.39, 0.29) is 0 Å². The van der Waals surface area contributed by atoms with Crippen LogP contribution < -0.4 is 0 Å². The zero-order valence-electron chi connectivity index (χ0n) is 14.2. The quantitative estimate of drug-likeness (QED) is 0.688. The van der Waals surface area contributed by atoms with Gasteiger partial charge in [0.1, 0.15) is 0 Å². The fraction of sp³-hybridized carbons (Fsp3) is 0.895. The van der Waals surface area contributed by atoms with Crippen LogP contribution in [0.15, 0.2) is 11.6 Å². The van der Waals surface area contributed by atoms with E-state index < -0.39 is 5.60 Å². The van der Waals surface area contributed by atoms with Crippen LogP contribution in [-0.4, -0.2) is 10.7 Å². The molecule has 0 aromatic heterocycles. The maximum absolute atomic E-state index is 9.84. The highest BCUT2D eigenvalue weighted by molar-refractivity contribution is 5.14. The Hall–Kier alpha value is -0.300. The lowest BCUT2D eigenvalue weighted by molar-refractivity contribution is 0.0692. The van der Waals surface area contributed by atoms with Crippen molar-refractivity contribution in [1.82, 2.24) is 0 Å². The Kier molecular flexibility index (Phi) is 4.69. The summed E-state index contributed by atoms with van der Waals surface area (Å²) in [7, 11) is 0. The molecule has 2 rings (SSSR count). The number of allylic oxidation sites excluding steroid dienone is 2. The van der Waals surface area contributed by atoms with Crippen molar-refractivity contribution < 1.29 is 5.11 Å². The minimum Gasteiger partial charge on any atom is -0.390 e. The summed E-state index contributed by atoms with van der Waals surface area (Å²) < 4.78 is 0. The number of rotatable bonds is 4. The van der Waals surface area contributed by atoms with E-state index in [9.17, 15) is 5.11 Å². The lowest BCUT2D eigenvalue weighted by Gasteiger charge is -2.44. The van der Waals surface area contributed by atoms with Crippen LogP contribution in [0.25, 0.3) is 0 Å². The molecule has 0 heterocycles. The van der Waals surface area contributed by atoms with Crippen molar-refractivity contribution in [3.63, 3.8) is 0 Å². The van der Waals surface area contributed by atoms with E-state index in [0.29, 0.717) is 5.41 Å². The molecular formula is C19H34O. The van der Waals surface area contributed by atoms with Crippen molar-refractivity contribution in [2.45, 2.75) is 85.2 Å². The van der Waals surface area contributed by atoms with Crippen molar-refractivity contribution in [3.8, 4) is 0 Å². The van der Waals surface area contributed by atoms with E-state index in [1.165, 1.54) is 32.1 Å². The van der Waals surface area contributed by atoms with Crippen LogP contribution in [0.4, 0.5) is 0 Å². The molecule has 0 radical (unpaired) electrons. The summed E-state index contributed by atoms with van der Waals surface area (Å²) in [5.41, 5.74) is 1.61. The molecule has 0 bridgehead atoms. The predicted octanol–water partition coefficient (Wildman–Crippen LogP) is 5.34. The first kappa shape index (κ1) is 16.1. The van der Waals surface area contributed by atoms with Crippen molar-refractivity contribution in [2.24, 2.45) is 23.2 Å². The van der Waals surface area contributed by atoms with Gasteiger partial charge in [0.05, 0.1) is 5.60 Å². The van der Waals surface area contributed by atoms with Crippen molar-refractivity contribution in [3.05, 3.63) is 11.6 Å². The Morgan fingerprint density at radius 3 is 2.65 bits per heavy atom. The highest BCUT2D eigenvalue weighted by Crippen LogP contribution is 2.59. The van der Waals surface area contributed by atoms with Gasteiger partial charge in [0.15, 0.2) is 0 Å². The molecule has 20 heavy (non-hydrogen) atoms. The molecule has 0 aromatic carbocycles. The molecule has 0 aromatic rings. The second-order valence-electron chi connectivity index (χ2n) is 8.41. The summed E-state index contributed by atoms with van der Waals surface area (Å²) in [4.78, 5) is 0. The minimum absolute atomic E-state index is 0.530. The first-order valence-electron chi connectivity index (χ1n) is 8.63. The van der Waals surface area contributed by atoms with Crippen LogP contribution >= 0.6 is 0 Å². The average Bonchev–Trinajstić information content (AvgIpc) is 2.66. The molecule has 1 N–H and O–H groups in total. The van der Waals surface area contributed by atoms with Gasteiger partial charge in [-0.2, -0.15) is 0 Å². The Labute approximate surface area is 125 Å².